The predicted octanol–water partition coefficient (Wildman–Crippen LogP) is 6.09. The van der Waals surface area contributed by atoms with Crippen LogP contribution in [0.5, 0.6) is 0 Å². The molecule has 0 aliphatic heterocycles. The summed E-state index contributed by atoms with van der Waals surface area (Å²) < 4.78 is 44.6. The summed E-state index contributed by atoms with van der Waals surface area (Å²) in [6.45, 7) is 3.81. The van der Waals surface area contributed by atoms with Gasteiger partial charge in [-0.05, 0) is 48.7 Å². The molecule has 4 aromatic heterocycles. The molecular formula is C24H21ClF3N5O2. The zero-order valence-electron chi connectivity index (χ0n) is 18.8. The molecule has 0 saturated carbocycles. The molecular weight excluding hydrogens is 483 g/mol. The van der Waals surface area contributed by atoms with Crippen LogP contribution in [0.1, 0.15) is 36.2 Å². The normalized spacial score (nSPS) is 11.7. The third-order valence-corrected chi connectivity index (χ3v) is 5.24. The molecule has 1 N–H and O–H groups in total. The molecule has 4 rings (SSSR count). The molecule has 0 amide bonds. The van der Waals surface area contributed by atoms with Crippen molar-refractivity contribution in [3.05, 3.63) is 82.5 Å². The summed E-state index contributed by atoms with van der Waals surface area (Å²) in [6, 6.07) is 7.70. The molecule has 4 heterocycles. The van der Waals surface area contributed by atoms with E-state index in [2.05, 4.69) is 20.3 Å². The number of nitrogens with one attached hydrogen (secondary N) is 1. The van der Waals surface area contributed by atoms with Crippen molar-refractivity contribution in [3.8, 4) is 0 Å². The fourth-order valence-corrected chi connectivity index (χ4v) is 3.59. The fraction of sp³-hybridized carbons (Fsp3) is 0.250. The molecule has 35 heavy (non-hydrogen) atoms. The Morgan fingerprint density at radius 1 is 1.09 bits per heavy atom. The lowest BCUT2D eigenvalue weighted by atomic mass is 10.1. The summed E-state index contributed by atoms with van der Waals surface area (Å²) in [5, 5.41) is 4.24. The highest BCUT2D eigenvalue weighted by Gasteiger charge is 2.32. The van der Waals surface area contributed by atoms with Gasteiger partial charge in [0, 0.05) is 43.1 Å². The zero-order chi connectivity index (χ0) is 25.2. The van der Waals surface area contributed by atoms with Gasteiger partial charge in [0.25, 0.3) is 0 Å². The van der Waals surface area contributed by atoms with Crippen LogP contribution in [0.4, 0.5) is 23.8 Å². The quantitative estimate of drug-likeness (QED) is 0.342. The molecule has 0 aliphatic carbocycles. The zero-order valence-corrected chi connectivity index (χ0v) is 19.6. The summed E-state index contributed by atoms with van der Waals surface area (Å²) in [4.78, 5) is 24.6. The van der Waals surface area contributed by atoms with E-state index >= 15 is 0 Å². The Morgan fingerprint density at radius 2 is 1.83 bits per heavy atom. The van der Waals surface area contributed by atoms with Gasteiger partial charge in [-0.3, -0.25) is 4.98 Å². The predicted molar refractivity (Wildman–Crippen MR) is 125 cm³/mol. The smallest absolute Gasteiger partial charge is 0.433 e. The molecule has 0 aromatic carbocycles. The third-order valence-electron chi connectivity index (χ3n) is 5.03. The second-order valence-electron chi connectivity index (χ2n) is 8.11. The number of alkyl halides is 3. The highest BCUT2D eigenvalue weighted by molar-refractivity contribution is 6.31. The maximum Gasteiger partial charge on any atom is 0.433 e. The molecule has 0 bridgehead atoms. The van der Waals surface area contributed by atoms with Gasteiger partial charge in [-0.2, -0.15) is 13.2 Å². The van der Waals surface area contributed by atoms with Gasteiger partial charge in [0.2, 0.25) is 0 Å². The van der Waals surface area contributed by atoms with E-state index in [1.54, 1.807) is 38.4 Å². The first-order valence-electron chi connectivity index (χ1n) is 10.7. The lowest BCUT2D eigenvalue weighted by molar-refractivity contribution is -0.141. The molecule has 0 radical (unpaired) electrons. The molecule has 0 spiro atoms. The molecule has 11 heteroatoms. The van der Waals surface area contributed by atoms with Crippen LogP contribution >= 0.6 is 11.6 Å². The van der Waals surface area contributed by atoms with Gasteiger partial charge in [-0.15, -0.1) is 0 Å². The molecule has 0 unspecified atom stereocenters. The van der Waals surface area contributed by atoms with E-state index in [1.165, 1.54) is 23.0 Å². The number of carbonyl (C=O) groups excluding carboxylic acids is 1. The number of rotatable bonds is 6. The number of hydrogen-bond acceptors (Lipinski definition) is 6. The number of halogens is 4. The monoisotopic (exact) mass is 503 g/mol. The van der Waals surface area contributed by atoms with Crippen molar-refractivity contribution < 1.29 is 22.7 Å². The minimum absolute atomic E-state index is 0.271. The standard InChI is InChI=1S/C24H21ClF3N5O2/c1-14(2)35-23(34)33-13-17(19-8-18(25)12-32-22(19)33)7-15-4-6-21(30-9-15)31-11-16-3-5-20(29-10-16)24(26,27)28/h3-6,8-10,12-14H,7,11H2,1-2H3,(H,30,31). The molecule has 0 aliphatic rings. The van der Waals surface area contributed by atoms with Crippen LogP contribution in [0.2, 0.25) is 5.02 Å². The van der Waals surface area contributed by atoms with Crippen LogP contribution < -0.4 is 5.32 Å². The second kappa shape index (κ2) is 9.91. The highest BCUT2D eigenvalue weighted by Crippen LogP contribution is 2.28. The second-order valence-corrected chi connectivity index (χ2v) is 8.55. The summed E-state index contributed by atoms with van der Waals surface area (Å²) in [5.74, 6) is 0.557. The van der Waals surface area contributed by atoms with E-state index in [-0.39, 0.29) is 12.6 Å². The van der Waals surface area contributed by atoms with Crippen LogP contribution in [0, 0.1) is 0 Å². The Labute approximate surface area is 203 Å². The SMILES string of the molecule is CC(C)OC(=O)n1cc(Cc2ccc(NCc3ccc(C(F)(F)F)nc3)nc2)c2cc(Cl)cnc21. The average molecular weight is 504 g/mol. The van der Waals surface area contributed by atoms with Gasteiger partial charge in [0.1, 0.15) is 17.2 Å². The van der Waals surface area contributed by atoms with Gasteiger partial charge in [0.15, 0.2) is 0 Å². The first-order chi connectivity index (χ1) is 16.6. The van der Waals surface area contributed by atoms with E-state index in [0.29, 0.717) is 28.5 Å². The van der Waals surface area contributed by atoms with Crippen molar-refractivity contribution in [2.75, 3.05) is 5.32 Å². The Hall–Kier alpha value is -3.66. The van der Waals surface area contributed by atoms with Crippen LogP contribution in [-0.4, -0.2) is 31.7 Å². The molecule has 4 aromatic rings. The maximum absolute atomic E-state index is 12.6. The number of aromatic nitrogens is 4. The maximum atomic E-state index is 12.6. The van der Waals surface area contributed by atoms with Crippen molar-refractivity contribution >= 4 is 34.5 Å². The number of ether oxygens (including phenoxy) is 1. The fourth-order valence-electron chi connectivity index (χ4n) is 3.43. The molecule has 7 nitrogen and oxygen atoms in total. The lowest BCUT2D eigenvalue weighted by Crippen LogP contribution is -2.17. The van der Waals surface area contributed by atoms with Crippen molar-refractivity contribution in [3.63, 3.8) is 0 Å². The number of pyridine rings is 3. The topological polar surface area (TPSA) is 81.9 Å². The number of fused-ring (bicyclic) bond motifs is 1. The van der Waals surface area contributed by atoms with Gasteiger partial charge < -0.3 is 10.1 Å². The molecule has 0 saturated heterocycles. The summed E-state index contributed by atoms with van der Waals surface area (Å²) >= 11 is 6.14. The van der Waals surface area contributed by atoms with E-state index in [9.17, 15) is 18.0 Å². The van der Waals surface area contributed by atoms with Crippen molar-refractivity contribution in [1.29, 1.82) is 0 Å². The summed E-state index contributed by atoms with van der Waals surface area (Å²) in [7, 11) is 0. The summed E-state index contributed by atoms with van der Waals surface area (Å²) in [6.07, 6.45) is 1.22. The van der Waals surface area contributed by atoms with Crippen LogP contribution in [0.25, 0.3) is 11.0 Å². The summed E-state index contributed by atoms with van der Waals surface area (Å²) in [5.41, 5.74) is 1.82. The minimum atomic E-state index is -4.47. The Kier molecular flexibility index (Phi) is 6.93. The molecule has 0 atom stereocenters. The van der Waals surface area contributed by atoms with Gasteiger partial charge in [0.05, 0.1) is 11.1 Å². The van der Waals surface area contributed by atoms with Crippen LogP contribution in [0.3, 0.4) is 0 Å². The Bertz CT molecular complexity index is 1340. The number of carbonyl (C=O) groups is 1. The number of hydrogen-bond donors (Lipinski definition) is 1. The molecule has 182 valence electrons. The van der Waals surface area contributed by atoms with Crippen molar-refractivity contribution in [1.82, 2.24) is 19.5 Å². The van der Waals surface area contributed by atoms with Gasteiger partial charge in [-0.1, -0.05) is 23.7 Å². The highest BCUT2D eigenvalue weighted by atomic mass is 35.5. The van der Waals surface area contributed by atoms with E-state index in [4.69, 9.17) is 16.3 Å². The van der Waals surface area contributed by atoms with Crippen LogP contribution in [0.15, 0.2) is 55.1 Å². The molecule has 0 fully saturated rings. The minimum Gasteiger partial charge on any atom is -0.446 e. The Morgan fingerprint density at radius 3 is 2.46 bits per heavy atom. The number of anilines is 1. The van der Waals surface area contributed by atoms with Crippen molar-refractivity contribution in [2.24, 2.45) is 0 Å². The first-order valence-corrected chi connectivity index (χ1v) is 11.1. The Balaban J connectivity index is 1.47. The van der Waals surface area contributed by atoms with E-state index < -0.39 is 18.0 Å². The van der Waals surface area contributed by atoms with Gasteiger partial charge in [-0.25, -0.2) is 19.3 Å². The van der Waals surface area contributed by atoms with E-state index in [0.717, 1.165) is 22.6 Å². The number of nitrogens with zero attached hydrogens (tertiary/aromatic N) is 4. The average Bonchev–Trinajstić information content (AvgIpc) is 3.15. The first kappa shape index (κ1) is 24.5. The lowest BCUT2D eigenvalue weighted by Gasteiger charge is -2.09. The van der Waals surface area contributed by atoms with Gasteiger partial charge >= 0.3 is 12.3 Å². The van der Waals surface area contributed by atoms with Crippen LogP contribution in [-0.2, 0) is 23.9 Å². The van der Waals surface area contributed by atoms with Crippen molar-refractivity contribution in [2.45, 2.75) is 39.1 Å². The largest absolute Gasteiger partial charge is 0.446 e. The van der Waals surface area contributed by atoms with E-state index in [1.807, 2.05) is 6.07 Å². The third kappa shape index (κ3) is 5.89.